The SMILES string of the molecule is Cc1ccc(N(Cc2cc3cccc(C)c3[nH]c2=O)C(=O)c2cccs2)cc1C. The van der Waals surface area contributed by atoms with E-state index in [2.05, 4.69) is 4.98 Å². The molecule has 2 heterocycles. The second-order valence-corrected chi connectivity index (χ2v) is 8.25. The average molecular weight is 403 g/mol. The third-order valence-corrected chi connectivity index (χ3v) is 6.13. The van der Waals surface area contributed by atoms with Gasteiger partial charge in [-0.2, -0.15) is 0 Å². The smallest absolute Gasteiger partial charge is 0.268 e. The van der Waals surface area contributed by atoms with Gasteiger partial charge in [0.1, 0.15) is 0 Å². The highest BCUT2D eigenvalue weighted by atomic mass is 32.1. The molecule has 0 bridgehead atoms. The predicted molar refractivity (Wildman–Crippen MR) is 120 cm³/mol. The molecule has 0 aliphatic rings. The Morgan fingerprint density at radius 3 is 2.52 bits per heavy atom. The zero-order valence-electron chi connectivity index (χ0n) is 16.7. The van der Waals surface area contributed by atoms with Crippen LogP contribution in [0, 0.1) is 20.8 Å². The van der Waals surface area contributed by atoms with Crippen LogP contribution in [0.4, 0.5) is 5.69 Å². The fourth-order valence-corrected chi connectivity index (χ4v) is 4.10. The Hall–Kier alpha value is -3.18. The first-order chi connectivity index (χ1) is 13.9. The number of carbonyl (C=O) groups is 1. The van der Waals surface area contributed by atoms with E-state index in [1.165, 1.54) is 11.3 Å². The van der Waals surface area contributed by atoms with Gasteiger partial charge >= 0.3 is 0 Å². The minimum Gasteiger partial charge on any atom is -0.321 e. The molecule has 0 aliphatic heterocycles. The van der Waals surface area contributed by atoms with Gasteiger partial charge in [0.25, 0.3) is 11.5 Å². The lowest BCUT2D eigenvalue weighted by atomic mass is 10.1. The van der Waals surface area contributed by atoms with E-state index in [-0.39, 0.29) is 18.0 Å². The number of fused-ring (bicyclic) bond motifs is 1. The molecule has 2 aromatic carbocycles. The summed E-state index contributed by atoms with van der Waals surface area (Å²) < 4.78 is 0. The average Bonchev–Trinajstić information content (AvgIpc) is 3.24. The Kier molecular flexibility index (Phi) is 5.07. The molecule has 0 fully saturated rings. The van der Waals surface area contributed by atoms with E-state index in [1.807, 2.05) is 80.7 Å². The molecule has 0 radical (unpaired) electrons. The van der Waals surface area contributed by atoms with Crippen molar-refractivity contribution in [3.63, 3.8) is 0 Å². The molecule has 4 aromatic rings. The number of rotatable bonds is 4. The van der Waals surface area contributed by atoms with Crippen molar-refractivity contribution < 1.29 is 4.79 Å². The van der Waals surface area contributed by atoms with Gasteiger partial charge in [-0.15, -0.1) is 11.3 Å². The van der Waals surface area contributed by atoms with Crippen molar-refractivity contribution in [2.24, 2.45) is 0 Å². The zero-order chi connectivity index (χ0) is 20.5. The topological polar surface area (TPSA) is 53.2 Å². The molecule has 0 unspecified atom stereocenters. The second-order valence-electron chi connectivity index (χ2n) is 7.30. The van der Waals surface area contributed by atoms with Gasteiger partial charge in [-0.25, -0.2) is 0 Å². The van der Waals surface area contributed by atoms with Crippen LogP contribution in [0.15, 0.2) is 64.8 Å². The van der Waals surface area contributed by atoms with Crippen LogP contribution in [0.25, 0.3) is 10.9 Å². The molecule has 0 atom stereocenters. The molecular weight excluding hydrogens is 380 g/mol. The predicted octanol–water partition coefficient (Wildman–Crippen LogP) is 5.36. The third kappa shape index (κ3) is 3.74. The normalized spacial score (nSPS) is 11.0. The summed E-state index contributed by atoms with van der Waals surface area (Å²) in [4.78, 5) is 31.4. The molecule has 0 saturated carbocycles. The van der Waals surface area contributed by atoms with Crippen LogP contribution >= 0.6 is 11.3 Å². The van der Waals surface area contributed by atoms with Gasteiger partial charge in [0.15, 0.2) is 0 Å². The molecule has 2 aromatic heterocycles. The Bertz CT molecular complexity index is 1260. The van der Waals surface area contributed by atoms with Gasteiger partial charge in [0.2, 0.25) is 0 Å². The molecule has 0 spiro atoms. The van der Waals surface area contributed by atoms with Crippen molar-refractivity contribution >= 4 is 33.8 Å². The fourth-order valence-electron chi connectivity index (χ4n) is 3.42. The Balaban J connectivity index is 1.80. The largest absolute Gasteiger partial charge is 0.321 e. The number of nitrogens with zero attached hydrogens (tertiary/aromatic N) is 1. The van der Waals surface area contributed by atoms with E-state index in [0.717, 1.165) is 33.3 Å². The van der Waals surface area contributed by atoms with Crippen molar-refractivity contribution in [1.82, 2.24) is 4.98 Å². The number of carbonyl (C=O) groups excluding carboxylic acids is 1. The molecule has 1 N–H and O–H groups in total. The number of anilines is 1. The van der Waals surface area contributed by atoms with E-state index in [0.29, 0.717) is 10.4 Å². The van der Waals surface area contributed by atoms with Crippen LogP contribution in [0.2, 0.25) is 0 Å². The number of para-hydroxylation sites is 1. The summed E-state index contributed by atoms with van der Waals surface area (Å²) in [5.74, 6) is -0.105. The van der Waals surface area contributed by atoms with E-state index >= 15 is 0 Å². The second kappa shape index (κ2) is 7.68. The number of pyridine rings is 1. The van der Waals surface area contributed by atoms with Gasteiger partial charge in [-0.1, -0.05) is 30.3 Å². The number of amides is 1. The molecule has 0 saturated heterocycles. The molecular formula is C24H22N2O2S. The quantitative estimate of drug-likeness (QED) is 0.499. The molecule has 29 heavy (non-hydrogen) atoms. The number of aromatic nitrogens is 1. The van der Waals surface area contributed by atoms with Crippen LogP contribution in [0.1, 0.15) is 31.9 Å². The van der Waals surface area contributed by atoms with Crippen LogP contribution in [-0.4, -0.2) is 10.9 Å². The Morgan fingerprint density at radius 1 is 0.966 bits per heavy atom. The molecule has 1 amide bonds. The lowest BCUT2D eigenvalue weighted by molar-refractivity contribution is 0.0989. The first-order valence-corrected chi connectivity index (χ1v) is 10.4. The summed E-state index contributed by atoms with van der Waals surface area (Å²) in [6.45, 7) is 6.25. The minimum absolute atomic E-state index is 0.105. The van der Waals surface area contributed by atoms with Crippen LogP contribution in [0.3, 0.4) is 0 Å². The van der Waals surface area contributed by atoms with E-state index in [9.17, 15) is 9.59 Å². The summed E-state index contributed by atoms with van der Waals surface area (Å²) in [7, 11) is 0. The molecule has 146 valence electrons. The monoisotopic (exact) mass is 402 g/mol. The van der Waals surface area contributed by atoms with Crippen LogP contribution in [0.5, 0.6) is 0 Å². The summed E-state index contributed by atoms with van der Waals surface area (Å²) in [6, 6.07) is 17.4. The van der Waals surface area contributed by atoms with E-state index in [1.54, 1.807) is 4.90 Å². The molecule has 4 nitrogen and oxygen atoms in total. The van der Waals surface area contributed by atoms with Crippen molar-refractivity contribution in [1.29, 1.82) is 0 Å². The Labute approximate surface area is 173 Å². The summed E-state index contributed by atoms with van der Waals surface area (Å²) in [5.41, 5.74) is 5.31. The van der Waals surface area contributed by atoms with Gasteiger partial charge in [0, 0.05) is 11.3 Å². The van der Waals surface area contributed by atoms with Crippen LogP contribution < -0.4 is 10.5 Å². The maximum absolute atomic E-state index is 13.3. The number of hydrogen-bond donors (Lipinski definition) is 1. The van der Waals surface area contributed by atoms with Crippen molar-refractivity contribution in [2.45, 2.75) is 27.3 Å². The standard InChI is InChI=1S/C24H22N2O2S/c1-15-9-10-20(12-17(15)3)26(24(28)21-8-5-11-29-21)14-19-13-18-7-4-6-16(2)22(18)25-23(19)27/h4-13H,14H2,1-3H3,(H,25,27). The fraction of sp³-hybridized carbons (Fsp3) is 0.167. The number of aryl methyl sites for hydroxylation is 3. The molecule has 4 rings (SSSR count). The highest BCUT2D eigenvalue weighted by Gasteiger charge is 2.21. The summed E-state index contributed by atoms with van der Waals surface area (Å²) in [6.07, 6.45) is 0. The van der Waals surface area contributed by atoms with Crippen molar-refractivity contribution in [3.05, 3.63) is 97.5 Å². The summed E-state index contributed by atoms with van der Waals surface area (Å²) >= 11 is 1.40. The first-order valence-electron chi connectivity index (χ1n) is 9.48. The minimum atomic E-state index is -0.167. The molecule has 5 heteroatoms. The lowest BCUT2D eigenvalue weighted by Crippen LogP contribution is -2.32. The highest BCUT2D eigenvalue weighted by Crippen LogP contribution is 2.25. The number of H-pyrrole nitrogens is 1. The van der Waals surface area contributed by atoms with Crippen LogP contribution in [-0.2, 0) is 6.54 Å². The summed E-state index contributed by atoms with van der Waals surface area (Å²) in [5, 5.41) is 2.85. The number of benzene rings is 2. The number of thiophene rings is 1. The van der Waals surface area contributed by atoms with Crippen molar-refractivity contribution in [2.75, 3.05) is 4.90 Å². The van der Waals surface area contributed by atoms with E-state index < -0.39 is 0 Å². The number of nitrogens with one attached hydrogen (secondary N) is 1. The highest BCUT2D eigenvalue weighted by molar-refractivity contribution is 7.12. The maximum atomic E-state index is 13.3. The maximum Gasteiger partial charge on any atom is 0.268 e. The van der Waals surface area contributed by atoms with E-state index in [4.69, 9.17) is 0 Å². The van der Waals surface area contributed by atoms with Gasteiger partial charge in [0.05, 0.1) is 16.9 Å². The third-order valence-electron chi connectivity index (χ3n) is 5.27. The van der Waals surface area contributed by atoms with Crippen molar-refractivity contribution in [3.8, 4) is 0 Å². The number of aromatic amines is 1. The lowest BCUT2D eigenvalue weighted by Gasteiger charge is -2.23. The zero-order valence-corrected chi connectivity index (χ0v) is 17.5. The first kappa shape index (κ1) is 19.2. The Morgan fingerprint density at radius 2 is 1.79 bits per heavy atom. The molecule has 0 aliphatic carbocycles. The van der Waals surface area contributed by atoms with Gasteiger partial charge < -0.3 is 9.88 Å². The van der Waals surface area contributed by atoms with Gasteiger partial charge in [-0.05, 0) is 72.5 Å². The van der Waals surface area contributed by atoms with Gasteiger partial charge in [-0.3, -0.25) is 9.59 Å². The number of hydrogen-bond acceptors (Lipinski definition) is 3.